The molecule has 3 atom stereocenters. The average molecular weight is 229 g/mol. The summed E-state index contributed by atoms with van der Waals surface area (Å²) in [5, 5.41) is 9.83. The molecular weight excluding hydrogens is 205 g/mol. The normalized spacial score (nSPS) is 28.7. The fourth-order valence-electron chi connectivity index (χ4n) is 2.88. The topological polar surface area (TPSA) is 46.2 Å². The van der Waals surface area contributed by atoms with Gasteiger partial charge in [-0.15, -0.1) is 0 Å². The van der Waals surface area contributed by atoms with Crippen molar-refractivity contribution in [1.82, 2.24) is 0 Å². The molecule has 94 valence electrons. The lowest BCUT2D eigenvalue weighted by atomic mass is 9.83. The molecule has 3 unspecified atom stereocenters. The van der Waals surface area contributed by atoms with Crippen LogP contribution in [0.1, 0.15) is 51.4 Å². The van der Waals surface area contributed by atoms with Crippen molar-refractivity contribution in [2.75, 3.05) is 0 Å². The highest BCUT2D eigenvalue weighted by atomic mass is 19.1. The van der Waals surface area contributed by atoms with Crippen LogP contribution in [0.2, 0.25) is 0 Å². The number of alkyl halides is 1. The van der Waals surface area contributed by atoms with Crippen LogP contribution in [0.25, 0.3) is 0 Å². The number of halogens is 1. The fraction of sp³-hybridized carbons (Fsp3) is 1.00. The van der Waals surface area contributed by atoms with Crippen molar-refractivity contribution >= 4 is 0 Å². The van der Waals surface area contributed by atoms with E-state index < -0.39 is 12.3 Å². The summed E-state index contributed by atoms with van der Waals surface area (Å²) in [5.41, 5.74) is 5.92. The van der Waals surface area contributed by atoms with E-state index in [0.717, 1.165) is 19.3 Å². The Labute approximate surface area is 97.4 Å². The molecule has 0 spiro atoms. The molecule has 2 aliphatic carbocycles. The Balaban J connectivity index is 1.74. The largest absolute Gasteiger partial charge is 0.388 e. The second kappa shape index (κ2) is 5.46. The van der Waals surface area contributed by atoms with Crippen molar-refractivity contribution in [2.45, 2.75) is 69.7 Å². The maximum atomic E-state index is 13.7. The van der Waals surface area contributed by atoms with Crippen LogP contribution in [-0.4, -0.2) is 23.4 Å². The number of hydrogen-bond acceptors (Lipinski definition) is 2. The lowest BCUT2D eigenvalue weighted by molar-refractivity contribution is 0.0367. The highest BCUT2D eigenvalue weighted by Gasteiger charge is 2.38. The van der Waals surface area contributed by atoms with Gasteiger partial charge < -0.3 is 10.8 Å². The summed E-state index contributed by atoms with van der Waals surface area (Å²) in [5.74, 6) is 0.706. The molecule has 2 rings (SSSR count). The predicted molar refractivity (Wildman–Crippen MR) is 62.8 cm³/mol. The number of hydrogen-bond donors (Lipinski definition) is 2. The van der Waals surface area contributed by atoms with Crippen LogP contribution in [0.4, 0.5) is 4.39 Å². The van der Waals surface area contributed by atoms with Crippen LogP contribution in [0.15, 0.2) is 0 Å². The number of aliphatic hydroxyl groups is 1. The zero-order chi connectivity index (χ0) is 11.5. The van der Waals surface area contributed by atoms with Gasteiger partial charge in [-0.25, -0.2) is 4.39 Å². The van der Waals surface area contributed by atoms with E-state index >= 15 is 0 Å². The maximum Gasteiger partial charge on any atom is 0.130 e. The van der Waals surface area contributed by atoms with Crippen molar-refractivity contribution in [2.24, 2.45) is 17.6 Å². The van der Waals surface area contributed by atoms with Crippen LogP contribution in [0, 0.1) is 11.8 Å². The lowest BCUT2D eigenvalue weighted by Crippen LogP contribution is -2.43. The second-order valence-electron chi connectivity index (χ2n) is 5.68. The summed E-state index contributed by atoms with van der Waals surface area (Å²) in [4.78, 5) is 0. The Morgan fingerprint density at radius 3 is 2.31 bits per heavy atom. The minimum atomic E-state index is -1.08. The fourth-order valence-corrected chi connectivity index (χ4v) is 2.88. The molecule has 0 saturated heterocycles. The van der Waals surface area contributed by atoms with E-state index in [-0.39, 0.29) is 12.0 Å². The molecule has 2 aliphatic rings. The van der Waals surface area contributed by atoms with Gasteiger partial charge in [-0.2, -0.15) is 0 Å². The summed E-state index contributed by atoms with van der Waals surface area (Å²) in [7, 11) is 0. The third kappa shape index (κ3) is 3.17. The molecule has 0 heterocycles. The molecule has 2 nitrogen and oxygen atoms in total. The molecule has 0 aliphatic heterocycles. The van der Waals surface area contributed by atoms with Crippen LogP contribution in [0.5, 0.6) is 0 Å². The molecule has 0 bridgehead atoms. The first kappa shape index (κ1) is 12.3. The molecule has 0 radical (unpaired) electrons. The molecule has 3 N–H and O–H groups in total. The van der Waals surface area contributed by atoms with Crippen molar-refractivity contribution in [3.05, 3.63) is 0 Å². The first-order valence-corrected chi connectivity index (χ1v) is 6.76. The molecule has 0 aromatic rings. The van der Waals surface area contributed by atoms with Crippen molar-refractivity contribution in [3.8, 4) is 0 Å². The predicted octanol–water partition coefficient (Wildman–Crippen LogP) is 2.39. The molecule has 2 saturated carbocycles. The molecule has 3 heteroatoms. The van der Waals surface area contributed by atoms with E-state index in [9.17, 15) is 9.50 Å². The lowest BCUT2D eigenvalue weighted by Gasteiger charge is -2.28. The standard InChI is InChI=1S/C13H24FNO/c14-12(10-6-7-10)13(16)11(15)8-9-4-2-1-3-5-9/h9-13,16H,1-8,15H2. The quantitative estimate of drug-likeness (QED) is 0.760. The highest BCUT2D eigenvalue weighted by molar-refractivity contribution is 4.91. The van der Waals surface area contributed by atoms with Gasteiger partial charge >= 0.3 is 0 Å². The zero-order valence-corrected chi connectivity index (χ0v) is 9.95. The molecule has 0 amide bonds. The summed E-state index contributed by atoms with van der Waals surface area (Å²) >= 11 is 0. The van der Waals surface area contributed by atoms with E-state index in [2.05, 4.69) is 0 Å². The van der Waals surface area contributed by atoms with Gasteiger partial charge in [0.1, 0.15) is 12.3 Å². The first-order valence-electron chi connectivity index (χ1n) is 6.76. The van der Waals surface area contributed by atoms with Gasteiger partial charge in [0, 0.05) is 6.04 Å². The monoisotopic (exact) mass is 229 g/mol. The third-order valence-electron chi connectivity index (χ3n) is 4.17. The number of nitrogens with two attached hydrogens (primary N) is 1. The van der Waals surface area contributed by atoms with E-state index in [1.807, 2.05) is 0 Å². The van der Waals surface area contributed by atoms with Gasteiger partial charge in [-0.1, -0.05) is 32.1 Å². The van der Waals surface area contributed by atoms with Crippen molar-refractivity contribution in [1.29, 1.82) is 0 Å². The Hall–Kier alpha value is -0.150. The molecule has 16 heavy (non-hydrogen) atoms. The van der Waals surface area contributed by atoms with Gasteiger partial charge in [0.15, 0.2) is 0 Å². The highest BCUT2D eigenvalue weighted by Crippen LogP contribution is 2.37. The van der Waals surface area contributed by atoms with Crippen molar-refractivity contribution in [3.63, 3.8) is 0 Å². The molecule has 0 aromatic carbocycles. The van der Waals surface area contributed by atoms with Crippen LogP contribution in [0.3, 0.4) is 0 Å². The number of rotatable bonds is 5. The van der Waals surface area contributed by atoms with E-state index in [4.69, 9.17) is 5.73 Å². The average Bonchev–Trinajstić information content (AvgIpc) is 3.12. The Kier molecular flexibility index (Phi) is 4.20. The third-order valence-corrected chi connectivity index (χ3v) is 4.17. The molecule has 2 fully saturated rings. The summed E-state index contributed by atoms with van der Waals surface area (Å²) in [6, 6.07) is -0.362. The van der Waals surface area contributed by atoms with Gasteiger partial charge in [-0.3, -0.25) is 0 Å². The second-order valence-corrected chi connectivity index (χ2v) is 5.68. The van der Waals surface area contributed by atoms with Crippen molar-refractivity contribution < 1.29 is 9.50 Å². The van der Waals surface area contributed by atoms with E-state index in [0.29, 0.717) is 5.92 Å². The summed E-state index contributed by atoms with van der Waals surface area (Å²) < 4.78 is 13.7. The van der Waals surface area contributed by atoms with Gasteiger partial charge in [0.2, 0.25) is 0 Å². The molecular formula is C13H24FNO. The van der Waals surface area contributed by atoms with Crippen LogP contribution in [-0.2, 0) is 0 Å². The maximum absolute atomic E-state index is 13.7. The summed E-state index contributed by atoms with van der Waals surface area (Å²) in [6.45, 7) is 0. The Morgan fingerprint density at radius 2 is 1.75 bits per heavy atom. The van der Waals surface area contributed by atoms with Gasteiger partial charge in [0.25, 0.3) is 0 Å². The molecule has 0 aromatic heterocycles. The first-order chi connectivity index (χ1) is 7.68. The Morgan fingerprint density at radius 1 is 1.12 bits per heavy atom. The number of aliphatic hydroxyl groups excluding tert-OH is 1. The van der Waals surface area contributed by atoms with Gasteiger partial charge in [0.05, 0.1) is 0 Å². The van der Waals surface area contributed by atoms with E-state index in [1.165, 1.54) is 32.1 Å². The Bertz CT molecular complexity index is 214. The van der Waals surface area contributed by atoms with E-state index in [1.54, 1.807) is 0 Å². The summed E-state index contributed by atoms with van der Waals surface area (Å²) in [6.07, 6.45) is 6.92. The smallest absolute Gasteiger partial charge is 0.130 e. The van der Waals surface area contributed by atoms with Crippen LogP contribution >= 0.6 is 0 Å². The minimum absolute atomic E-state index is 0.0902. The zero-order valence-electron chi connectivity index (χ0n) is 9.95. The van der Waals surface area contributed by atoms with Crippen LogP contribution < -0.4 is 5.73 Å². The minimum Gasteiger partial charge on any atom is -0.388 e. The van der Waals surface area contributed by atoms with Gasteiger partial charge in [-0.05, 0) is 31.1 Å². The SMILES string of the molecule is NC(CC1CCCCC1)C(O)C(F)C1CC1.